The number of nitrogens with zero attached hydrogens (tertiary/aromatic N) is 4. The van der Waals surface area contributed by atoms with Crippen LogP contribution in [0.5, 0.6) is 0 Å². The number of aryl methyl sites for hydroxylation is 1. The summed E-state index contributed by atoms with van der Waals surface area (Å²) in [6.45, 7) is 2.57. The molecule has 0 aromatic carbocycles. The van der Waals surface area contributed by atoms with Crippen molar-refractivity contribution >= 4 is 11.7 Å². The van der Waals surface area contributed by atoms with Crippen LogP contribution in [0.15, 0.2) is 55.0 Å². The van der Waals surface area contributed by atoms with Gasteiger partial charge in [-0.3, -0.25) is 14.8 Å². The molecule has 1 aliphatic carbocycles. The Morgan fingerprint density at radius 1 is 1.06 bits per heavy atom. The number of anilines is 1. The van der Waals surface area contributed by atoms with E-state index in [0.717, 1.165) is 36.2 Å². The van der Waals surface area contributed by atoms with E-state index < -0.39 is 11.7 Å². The van der Waals surface area contributed by atoms with Gasteiger partial charge in [-0.15, -0.1) is 0 Å². The van der Waals surface area contributed by atoms with E-state index in [1.807, 2.05) is 36.1 Å². The lowest BCUT2D eigenvalue weighted by Crippen LogP contribution is -2.48. The fraction of sp³-hybridized carbons (Fsp3) is 0.333. The van der Waals surface area contributed by atoms with Gasteiger partial charge in [0, 0.05) is 36.7 Å². The molecule has 0 spiro atoms. The molecule has 170 valence electrons. The molecule has 1 saturated heterocycles. The average Bonchev–Trinajstić information content (AvgIpc) is 3.39. The number of alkyl halides is 3. The molecule has 6 nitrogen and oxygen atoms in total. The molecule has 0 radical (unpaired) electrons. The van der Waals surface area contributed by atoms with Crippen LogP contribution in [0.25, 0.3) is 11.3 Å². The van der Waals surface area contributed by atoms with Crippen LogP contribution in [0.3, 0.4) is 0 Å². The maximum Gasteiger partial charge on any atom is 0.417 e. The summed E-state index contributed by atoms with van der Waals surface area (Å²) in [5.41, 5.74) is 1.91. The van der Waals surface area contributed by atoms with Gasteiger partial charge >= 0.3 is 6.18 Å². The largest absolute Gasteiger partial charge is 0.417 e. The summed E-state index contributed by atoms with van der Waals surface area (Å²) in [4.78, 5) is 28.2. The standard InChI is InChI=1S/C24H22F3N5O/c1-14-7-9-29-22(21(14)17-4-2-3-8-28-17)23(33)32-13-15-10-18(19(32)11-15)31-20-6-5-16(12-30-20)24(25,26)27/h2-9,12,15,18-19H,10-11,13H2,1H3,(H,30,31)/t15-,18-,19+/m1/s1. The molecule has 9 heteroatoms. The normalized spacial score (nSPS) is 21.9. The lowest BCUT2D eigenvalue weighted by molar-refractivity contribution is -0.137. The van der Waals surface area contributed by atoms with Gasteiger partial charge in [-0.05, 0) is 61.6 Å². The fourth-order valence-electron chi connectivity index (χ4n) is 4.94. The highest BCUT2D eigenvalue weighted by atomic mass is 19.4. The molecule has 1 amide bonds. The summed E-state index contributed by atoms with van der Waals surface area (Å²) in [6.07, 6.45) is 1.40. The number of hydrogen-bond donors (Lipinski definition) is 1. The Balaban J connectivity index is 1.38. The van der Waals surface area contributed by atoms with Crippen molar-refractivity contribution in [1.29, 1.82) is 0 Å². The summed E-state index contributed by atoms with van der Waals surface area (Å²) < 4.78 is 38.5. The topological polar surface area (TPSA) is 71.0 Å². The lowest BCUT2D eigenvalue weighted by Gasteiger charge is -2.34. The van der Waals surface area contributed by atoms with E-state index in [4.69, 9.17) is 0 Å². The molecule has 2 fully saturated rings. The molecular weight excluding hydrogens is 431 g/mol. The maximum absolute atomic E-state index is 13.6. The van der Waals surface area contributed by atoms with Crippen molar-refractivity contribution in [2.45, 2.75) is 38.0 Å². The summed E-state index contributed by atoms with van der Waals surface area (Å²) >= 11 is 0. The van der Waals surface area contributed by atoms with Gasteiger partial charge in [0.05, 0.1) is 17.3 Å². The quantitative estimate of drug-likeness (QED) is 0.626. The molecule has 1 N–H and O–H groups in total. The third-order valence-electron chi connectivity index (χ3n) is 6.45. The van der Waals surface area contributed by atoms with Crippen LogP contribution in [0, 0.1) is 12.8 Å². The highest BCUT2D eigenvalue weighted by Crippen LogP contribution is 2.40. The van der Waals surface area contributed by atoms with Crippen molar-refractivity contribution in [1.82, 2.24) is 19.9 Å². The molecule has 1 aliphatic heterocycles. The van der Waals surface area contributed by atoms with Gasteiger partial charge < -0.3 is 10.2 Å². The minimum atomic E-state index is -4.42. The maximum atomic E-state index is 13.6. The number of carbonyl (C=O) groups excluding carboxylic acids is 1. The number of likely N-dealkylation sites (tertiary alicyclic amines) is 1. The van der Waals surface area contributed by atoms with Crippen LogP contribution >= 0.6 is 0 Å². The summed E-state index contributed by atoms with van der Waals surface area (Å²) in [6, 6.07) is 9.60. The molecule has 5 rings (SSSR count). The molecule has 3 atom stereocenters. The minimum absolute atomic E-state index is 0.0783. The zero-order valence-corrected chi connectivity index (χ0v) is 17.9. The number of aromatic nitrogens is 3. The number of fused-ring (bicyclic) bond motifs is 2. The van der Waals surface area contributed by atoms with E-state index in [1.165, 1.54) is 6.07 Å². The summed E-state index contributed by atoms with van der Waals surface area (Å²) in [7, 11) is 0. The van der Waals surface area contributed by atoms with Crippen molar-refractivity contribution < 1.29 is 18.0 Å². The molecule has 2 bridgehead atoms. The third kappa shape index (κ3) is 4.03. The van der Waals surface area contributed by atoms with Gasteiger partial charge in [0.1, 0.15) is 11.5 Å². The number of pyridine rings is 3. The van der Waals surface area contributed by atoms with Crippen molar-refractivity contribution in [2.24, 2.45) is 5.92 Å². The van der Waals surface area contributed by atoms with Gasteiger partial charge in [0.2, 0.25) is 0 Å². The second-order valence-corrected chi connectivity index (χ2v) is 8.61. The Bertz CT molecular complexity index is 1170. The second kappa shape index (κ2) is 8.13. The molecule has 3 aromatic heterocycles. The van der Waals surface area contributed by atoms with Gasteiger partial charge in [0.15, 0.2) is 0 Å². The highest BCUT2D eigenvalue weighted by Gasteiger charge is 2.47. The van der Waals surface area contributed by atoms with Crippen LogP contribution in [0.1, 0.15) is 34.5 Å². The first kappa shape index (κ1) is 21.4. The first-order chi connectivity index (χ1) is 15.8. The lowest BCUT2D eigenvalue weighted by atomic mass is 10.0. The Labute approximate surface area is 188 Å². The third-order valence-corrected chi connectivity index (χ3v) is 6.45. The van der Waals surface area contributed by atoms with Gasteiger partial charge in [-0.1, -0.05) is 6.07 Å². The van der Waals surface area contributed by atoms with Crippen LogP contribution in [-0.2, 0) is 6.18 Å². The van der Waals surface area contributed by atoms with Gasteiger partial charge in [0.25, 0.3) is 5.91 Å². The van der Waals surface area contributed by atoms with E-state index in [9.17, 15) is 18.0 Å². The first-order valence-corrected chi connectivity index (χ1v) is 10.8. The zero-order chi connectivity index (χ0) is 23.2. The average molecular weight is 453 g/mol. The van der Waals surface area contributed by atoms with Crippen molar-refractivity contribution in [3.05, 3.63) is 71.8 Å². The van der Waals surface area contributed by atoms with Gasteiger partial charge in [-0.25, -0.2) is 4.98 Å². The molecule has 3 aromatic rings. The van der Waals surface area contributed by atoms with Crippen LogP contribution in [0.2, 0.25) is 0 Å². The van der Waals surface area contributed by atoms with Crippen LogP contribution in [-0.4, -0.2) is 44.4 Å². The smallest absolute Gasteiger partial charge is 0.365 e. The summed E-state index contributed by atoms with van der Waals surface area (Å²) in [5.74, 6) is 0.545. The van der Waals surface area contributed by atoms with Crippen molar-refractivity contribution in [3.8, 4) is 11.3 Å². The monoisotopic (exact) mass is 453 g/mol. The molecule has 1 saturated carbocycles. The molecule has 33 heavy (non-hydrogen) atoms. The second-order valence-electron chi connectivity index (χ2n) is 8.61. The number of hydrogen-bond acceptors (Lipinski definition) is 5. The van der Waals surface area contributed by atoms with Crippen molar-refractivity contribution in [2.75, 3.05) is 11.9 Å². The molecule has 4 heterocycles. The summed E-state index contributed by atoms with van der Waals surface area (Å²) in [5, 5.41) is 3.24. The molecule has 2 aliphatic rings. The first-order valence-electron chi connectivity index (χ1n) is 10.8. The SMILES string of the molecule is Cc1ccnc(C(=O)N2C[C@@H]3C[C@@H](Nc4ccc(C(F)(F)F)cn4)[C@@H]2C3)c1-c1ccccn1. The van der Waals surface area contributed by atoms with Crippen LogP contribution < -0.4 is 5.32 Å². The fourth-order valence-corrected chi connectivity index (χ4v) is 4.94. The van der Waals surface area contributed by atoms with Gasteiger partial charge in [-0.2, -0.15) is 13.2 Å². The predicted octanol–water partition coefficient (Wildman–Crippen LogP) is 4.58. The number of rotatable bonds is 4. The number of nitrogens with one attached hydrogen (secondary N) is 1. The molecular formula is C24H22F3N5O. The molecule has 0 unspecified atom stereocenters. The minimum Gasteiger partial charge on any atom is -0.365 e. The highest BCUT2D eigenvalue weighted by molar-refractivity contribution is 5.99. The number of halogens is 3. The Morgan fingerprint density at radius 2 is 1.91 bits per heavy atom. The Hall–Kier alpha value is -3.49. The predicted molar refractivity (Wildman–Crippen MR) is 116 cm³/mol. The van der Waals surface area contributed by atoms with E-state index >= 15 is 0 Å². The zero-order valence-electron chi connectivity index (χ0n) is 17.9. The van der Waals surface area contributed by atoms with E-state index in [1.54, 1.807) is 12.4 Å². The van der Waals surface area contributed by atoms with E-state index in [-0.39, 0.29) is 18.0 Å². The number of piperidine rings is 1. The Morgan fingerprint density at radius 3 is 2.58 bits per heavy atom. The number of amides is 1. The Kier molecular flexibility index (Phi) is 5.26. The van der Waals surface area contributed by atoms with E-state index in [0.29, 0.717) is 29.7 Å². The van der Waals surface area contributed by atoms with Crippen LogP contribution in [0.4, 0.5) is 19.0 Å². The van der Waals surface area contributed by atoms with E-state index in [2.05, 4.69) is 20.3 Å². The number of carbonyl (C=O) groups is 1. The van der Waals surface area contributed by atoms with Crippen molar-refractivity contribution in [3.63, 3.8) is 0 Å².